The summed E-state index contributed by atoms with van der Waals surface area (Å²) in [7, 11) is 0. The normalized spacial score (nSPS) is 17.0. The van der Waals surface area contributed by atoms with Crippen molar-refractivity contribution in [3.63, 3.8) is 0 Å². The first-order valence-electron chi connectivity index (χ1n) is 6.18. The molecule has 0 radical (unpaired) electrons. The van der Waals surface area contributed by atoms with Gasteiger partial charge in [-0.1, -0.05) is 28.8 Å². The van der Waals surface area contributed by atoms with E-state index in [0.717, 1.165) is 16.7 Å². The van der Waals surface area contributed by atoms with Gasteiger partial charge < -0.3 is 9.72 Å². The predicted molar refractivity (Wildman–Crippen MR) is 72.0 cm³/mol. The lowest BCUT2D eigenvalue weighted by Crippen LogP contribution is -2.25. The van der Waals surface area contributed by atoms with Gasteiger partial charge in [-0.2, -0.15) is 0 Å². The van der Waals surface area contributed by atoms with Crippen LogP contribution in [0.15, 0.2) is 29.0 Å². The minimum Gasteiger partial charge on any atom is -0.308 e. The summed E-state index contributed by atoms with van der Waals surface area (Å²) in [6, 6.07) is 4.79. The van der Waals surface area contributed by atoms with E-state index in [-0.39, 0.29) is 0 Å². The first-order chi connectivity index (χ1) is 8.33. The van der Waals surface area contributed by atoms with E-state index < -0.39 is 0 Å². The second-order valence-electron chi connectivity index (χ2n) is 4.68. The van der Waals surface area contributed by atoms with Crippen LogP contribution in [0, 0.1) is 0 Å². The molecule has 0 unspecified atom stereocenters. The van der Waals surface area contributed by atoms with Crippen LogP contribution in [0.1, 0.15) is 31.4 Å². The monoisotopic (exact) mass is 293 g/mol. The third-order valence-corrected chi connectivity index (χ3v) is 3.97. The van der Waals surface area contributed by atoms with Gasteiger partial charge in [0.2, 0.25) is 0 Å². The molecule has 0 aromatic carbocycles. The molecule has 0 saturated heterocycles. The van der Waals surface area contributed by atoms with Crippen LogP contribution < -0.4 is 5.32 Å². The van der Waals surface area contributed by atoms with E-state index in [1.807, 2.05) is 18.3 Å². The van der Waals surface area contributed by atoms with Crippen LogP contribution in [0.5, 0.6) is 0 Å². The summed E-state index contributed by atoms with van der Waals surface area (Å²) < 4.78 is 3.22. The van der Waals surface area contributed by atoms with Crippen LogP contribution in [0.2, 0.25) is 0 Å². The highest BCUT2D eigenvalue weighted by molar-refractivity contribution is 9.10. The zero-order chi connectivity index (χ0) is 11.7. The molecule has 1 fully saturated rings. The molecule has 90 valence electrons. The molecule has 0 amide bonds. The number of fused-ring (bicyclic) bond motifs is 1. The molecule has 17 heavy (non-hydrogen) atoms. The molecule has 2 heterocycles. The Kier molecular flexibility index (Phi) is 3.16. The maximum Gasteiger partial charge on any atom is 0.138 e. The van der Waals surface area contributed by atoms with E-state index in [1.54, 1.807) is 0 Å². The topological polar surface area (TPSA) is 29.3 Å². The Balaban J connectivity index is 1.76. The number of aromatic nitrogens is 2. The zero-order valence-electron chi connectivity index (χ0n) is 9.69. The number of pyridine rings is 1. The number of rotatable bonds is 3. The van der Waals surface area contributed by atoms with Crippen LogP contribution in [-0.2, 0) is 6.54 Å². The van der Waals surface area contributed by atoms with Crippen molar-refractivity contribution in [1.82, 2.24) is 14.7 Å². The van der Waals surface area contributed by atoms with Gasteiger partial charge in [0.15, 0.2) is 0 Å². The minimum atomic E-state index is 0.705. The number of hydrogen-bond acceptors (Lipinski definition) is 2. The Morgan fingerprint density at radius 3 is 3.06 bits per heavy atom. The number of nitrogens with one attached hydrogen (secondary N) is 1. The summed E-state index contributed by atoms with van der Waals surface area (Å²) in [6.45, 7) is 0.910. The van der Waals surface area contributed by atoms with E-state index in [1.165, 1.54) is 31.4 Å². The summed E-state index contributed by atoms with van der Waals surface area (Å²) in [6.07, 6.45) is 9.42. The van der Waals surface area contributed by atoms with Crippen molar-refractivity contribution in [1.29, 1.82) is 0 Å². The zero-order valence-corrected chi connectivity index (χ0v) is 11.3. The van der Waals surface area contributed by atoms with Crippen LogP contribution >= 0.6 is 15.9 Å². The van der Waals surface area contributed by atoms with E-state index in [0.29, 0.717) is 6.04 Å². The first kappa shape index (κ1) is 11.2. The van der Waals surface area contributed by atoms with E-state index in [9.17, 15) is 0 Å². The van der Waals surface area contributed by atoms with Crippen molar-refractivity contribution >= 4 is 21.6 Å². The SMILES string of the molecule is Brc1ccn2c(CNC3CCCC3)cnc2c1. The number of halogens is 1. The van der Waals surface area contributed by atoms with Gasteiger partial charge in [0, 0.05) is 23.3 Å². The van der Waals surface area contributed by atoms with Gasteiger partial charge in [0.05, 0.1) is 11.9 Å². The number of imidazole rings is 1. The molecule has 2 aromatic heterocycles. The van der Waals surface area contributed by atoms with Crippen LogP contribution in [0.4, 0.5) is 0 Å². The molecule has 3 nitrogen and oxygen atoms in total. The highest BCUT2D eigenvalue weighted by Crippen LogP contribution is 2.19. The fourth-order valence-corrected chi connectivity index (χ4v) is 2.84. The second-order valence-corrected chi connectivity index (χ2v) is 5.60. The maximum absolute atomic E-state index is 4.42. The Morgan fingerprint density at radius 2 is 2.24 bits per heavy atom. The molecule has 0 aliphatic heterocycles. The van der Waals surface area contributed by atoms with Gasteiger partial charge in [-0.05, 0) is 25.0 Å². The average molecular weight is 294 g/mol. The lowest BCUT2D eigenvalue weighted by molar-refractivity contribution is 0.518. The predicted octanol–water partition coefficient (Wildman–Crippen LogP) is 3.13. The third kappa shape index (κ3) is 2.38. The lowest BCUT2D eigenvalue weighted by Gasteiger charge is -2.11. The summed E-state index contributed by atoms with van der Waals surface area (Å²) in [5, 5.41) is 3.62. The molecular formula is C13H16BrN3. The van der Waals surface area contributed by atoms with Crippen LogP contribution in [0.25, 0.3) is 5.65 Å². The molecule has 0 bridgehead atoms. The van der Waals surface area contributed by atoms with Gasteiger partial charge in [-0.25, -0.2) is 4.98 Å². The largest absolute Gasteiger partial charge is 0.308 e. The maximum atomic E-state index is 4.42. The summed E-state index contributed by atoms with van der Waals surface area (Å²) in [5.74, 6) is 0. The Labute approximate surface area is 109 Å². The molecule has 1 aliphatic carbocycles. The lowest BCUT2D eigenvalue weighted by atomic mass is 10.2. The van der Waals surface area contributed by atoms with Crippen molar-refractivity contribution in [2.75, 3.05) is 0 Å². The van der Waals surface area contributed by atoms with Crippen LogP contribution in [-0.4, -0.2) is 15.4 Å². The van der Waals surface area contributed by atoms with Gasteiger partial charge in [0.25, 0.3) is 0 Å². The van der Waals surface area contributed by atoms with Gasteiger partial charge in [-0.3, -0.25) is 0 Å². The first-order valence-corrected chi connectivity index (χ1v) is 6.97. The van der Waals surface area contributed by atoms with Gasteiger partial charge in [0.1, 0.15) is 5.65 Å². The van der Waals surface area contributed by atoms with Crippen molar-refractivity contribution in [3.05, 3.63) is 34.7 Å². The number of hydrogen-bond donors (Lipinski definition) is 1. The Morgan fingerprint density at radius 1 is 1.41 bits per heavy atom. The van der Waals surface area contributed by atoms with Gasteiger partial charge in [-0.15, -0.1) is 0 Å². The fourth-order valence-electron chi connectivity index (χ4n) is 2.52. The molecule has 1 N–H and O–H groups in total. The smallest absolute Gasteiger partial charge is 0.138 e. The highest BCUT2D eigenvalue weighted by atomic mass is 79.9. The molecule has 1 aliphatic rings. The third-order valence-electron chi connectivity index (χ3n) is 3.48. The molecule has 1 saturated carbocycles. The van der Waals surface area contributed by atoms with Crippen molar-refractivity contribution < 1.29 is 0 Å². The van der Waals surface area contributed by atoms with Crippen molar-refractivity contribution in [2.24, 2.45) is 0 Å². The second kappa shape index (κ2) is 4.78. The van der Waals surface area contributed by atoms with Gasteiger partial charge >= 0.3 is 0 Å². The Hall–Kier alpha value is -0.870. The Bertz CT molecular complexity index is 514. The van der Waals surface area contributed by atoms with Crippen molar-refractivity contribution in [3.8, 4) is 0 Å². The fraction of sp³-hybridized carbons (Fsp3) is 0.462. The summed E-state index contributed by atoms with van der Waals surface area (Å²) in [4.78, 5) is 4.42. The number of nitrogens with zero attached hydrogens (tertiary/aromatic N) is 2. The summed E-state index contributed by atoms with van der Waals surface area (Å²) >= 11 is 3.47. The van der Waals surface area contributed by atoms with Crippen LogP contribution in [0.3, 0.4) is 0 Å². The van der Waals surface area contributed by atoms with Crippen molar-refractivity contribution in [2.45, 2.75) is 38.3 Å². The standard InChI is InChI=1S/C13H16BrN3/c14-10-5-6-17-12(9-16-13(17)7-10)8-15-11-3-1-2-4-11/h5-7,9,11,15H,1-4,8H2. The average Bonchev–Trinajstić information content (AvgIpc) is 2.94. The molecule has 3 rings (SSSR count). The van der Waals surface area contributed by atoms with E-state index >= 15 is 0 Å². The molecule has 2 aromatic rings. The quantitative estimate of drug-likeness (QED) is 0.942. The molecule has 4 heteroatoms. The van der Waals surface area contributed by atoms with E-state index in [4.69, 9.17) is 0 Å². The van der Waals surface area contributed by atoms with E-state index in [2.05, 4.69) is 36.8 Å². The molecule has 0 atom stereocenters. The summed E-state index contributed by atoms with van der Waals surface area (Å²) in [5.41, 5.74) is 2.24. The minimum absolute atomic E-state index is 0.705. The highest BCUT2D eigenvalue weighted by Gasteiger charge is 2.14. The molecule has 0 spiro atoms. The molecular weight excluding hydrogens is 278 g/mol.